The number of rotatable bonds is 7. The fourth-order valence-electron chi connectivity index (χ4n) is 2.64. The smallest absolute Gasteiger partial charge is 0.274 e. The zero-order valence-corrected chi connectivity index (χ0v) is 15.6. The van der Waals surface area contributed by atoms with Crippen LogP contribution in [0.2, 0.25) is 0 Å². The average Bonchev–Trinajstić information content (AvgIpc) is 2.61. The van der Waals surface area contributed by atoms with Gasteiger partial charge in [-0.25, -0.2) is 0 Å². The van der Waals surface area contributed by atoms with E-state index in [-0.39, 0.29) is 23.9 Å². The first-order valence-corrected chi connectivity index (χ1v) is 8.67. The summed E-state index contributed by atoms with van der Waals surface area (Å²) in [6, 6.07) is 13.0. The summed E-state index contributed by atoms with van der Waals surface area (Å²) in [6.45, 7) is 5.28. The van der Waals surface area contributed by atoms with Crippen molar-refractivity contribution in [3.63, 3.8) is 0 Å². The number of nitrogens with zero attached hydrogens (tertiary/aromatic N) is 1. The molecular weight excluding hydrogens is 346 g/mol. The number of hydrogen-bond donors (Lipinski definition) is 2. The van der Waals surface area contributed by atoms with Crippen molar-refractivity contribution in [3.8, 4) is 0 Å². The van der Waals surface area contributed by atoms with E-state index in [0.29, 0.717) is 11.3 Å². The number of carbonyl (C=O) groups excluding carboxylic acids is 2. The average molecular weight is 369 g/mol. The third-order valence-corrected chi connectivity index (χ3v) is 4.15. The molecule has 0 spiro atoms. The molecule has 0 fully saturated rings. The molecule has 2 aromatic carbocycles. The third kappa shape index (κ3) is 5.64. The first-order valence-electron chi connectivity index (χ1n) is 8.67. The normalized spacial score (nSPS) is 11.7. The molecule has 0 aromatic heterocycles. The Kier molecular flexibility index (Phi) is 6.65. The molecule has 0 saturated carbocycles. The van der Waals surface area contributed by atoms with Crippen LogP contribution in [0.3, 0.4) is 0 Å². The largest absolute Gasteiger partial charge is 0.344 e. The van der Waals surface area contributed by atoms with Crippen LogP contribution in [0.25, 0.3) is 0 Å². The molecule has 0 aliphatic rings. The summed E-state index contributed by atoms with van der Waals surface area (Å²) >= 11 is 0. The Morgan fingerprint density at radius 2 is 1.78 bits per heavy atom. The van der Waals surface area contributed by atoms with E-state index in [1.165, 1.54) is 6.07 Å². The highest BCUT2D eigenvalue weighted by Crippen LogP contribution is 2.22. The van der Waals surface area contributed by atoms with Crippen LogP contribution in [0.15, 0.2) is 48.5 Å². The van der Waals surface area contributed by atoms with Crippen molar-refractivity contribution in [1.29, 1.82) is 0 Å². The number of nitrogens with one attached hydrogen (secondary N) is 2. The van der Waals surface area contributed by atoms with Crippen molar-refractivity contribution < 1.29 is 14.5 Å². The second kappa shape index (κ2) is 8.93. The van der Waals surface area contributed by atoms with Gasteiger partial charge in [0.15, 0.2) is 0 Å². The van der Waals surface area contributed by atoms with E-state index >= 15 is 0 Å². The first-order chi connectivity index (χ1) is 12.8. The van der Waals surface area contributed by atoms with Crippen LogP contribution in [-0.4, -0.2) is 22.8 Å². The van der Waals surface area contributed by atoms with Crippen LogP contribution in [0.4, 0.5) is 11.4 Å². The fraction of sp³-hybridized carbons (Fsp3) is 0.300. The number of benzene rings is 2. The molecule has 27 heavy (non-hydrogen) atoms. The van der Waals surface area contributed by atoms with Gasteiger partial charge in [0.1, 0.15) is 6.04 Å². The van der Waals surface area contributed by atoms with Crippen LogP contribution in [-0.2, 0) is 16.0 Å². The van der Waals surface area contributed by atoms with Gasteiger partial charge in [-0.15, -0.1) is 0 Å². The van der Waals surface area contributed by atoms with E-state index in [9.17, 15) is 19.7 Å². The van der Waals surface area contributed by atoms with Gasteiger partial charge in [-0.3, -0.25) is 19.7 Å². The summed E-state index contributed by atoms with van der Waals surface area (Å²) in [6.07, 6.45) is 0.174. The quantitative estimate of drug-likeness (QED) is 0.578. The molecule has 2 amide bonds. The molecule has 2 aromatic rings. The summed E-state index contributed by atoms with van der Waals surface area (Å²) in [4.78, 5) is 35.5. The van der Waals surface area contributed by atoms with Gasteiger partial charge >= 0.3 is 0 Å². The molecule has 7 nitrogen and oxygen atoms in total. The number of amides is 2. The maximum absolute atomic E-state index is 12.6. The van der Waals surface area contributed by atoms with E-state index in [1.807, 2.05) is 44.2 Å². The molecule has 7 heteroatoms. The Balaban J connectivity index is 2.07. The standard InChI is InChI=1S/C20H23N3O4/c1-13(2)19(22-18(24)11-15-7-5-4-6-8-15)20(25)21-16-10-9-14(3)17(12-16)23(26)27/h4-10,12-13,19H,11H2,1-3H3,(H,21,25)(H,22,24)/t19-/m0/s1. The van der Waals surface area contributed by atoms with Gasteiger partial charge in [-0.2, -0.15) is 0 Å². The number of aryl methyl sites for hydroxylation is 1. The second-order valence-electron chi connectivity index (χ2n) is 6.70. The summed E-state index contributed by atoms with van der Waals surface area (Å²) in [7, 11) is 0. The monoisotopic (exact) mass is 369 g/mol. The highest BCUT2D eigenvalue weighted by atomic mass is 16.6. The maximum Gasteiger partial charge on any atom is 0.274 e. The summed E-state index contributed by atoms with van der Waals surface area (Å²) in [5.41, 5.74) is 1.61. The molecule has 1 atom stereocenters. The SMILES string of the molecule is Cc1ccc(NC(=O)[C@@H](NC(=O)Cc2ccccc2)C(C)C)cc1[N+](=O)[O-]. The lowest BCUT2D eigenvalue weighted by molar-refractivity contribution is -0.385. The third-order valence-electron chi connectivity index (χ3n) is 4.15. The molecule has 0 aliphatic heterocycles. The number of nitro groups is 1. The topological polar surface area (TPSA) is 101 Å². The molecule has 0 radical (unpaired) electrons. The molecular formula is C20H23N3O4. The van der Waals surface area contributed by atoms with Crippen molar-refractivity contribution >= 4 is 23.2 Å². The fourth-order valence-corrected chi connectivity index (χ4v) is 2.64. The molecule has 2 N–H and O–H groups in total. The van der Waals surface area contributed by atoms with Crippen molar-refractivity contribution in [2.75, 3.05) is 5.32 Å². The van der Waals surface area contributed by atoms with Gasteiger partial charge in [0, 0.05) is 17.3 Å². The molecule has 0 aliphatic carbocycles. The molecule has 2 rings (SSSR count). The molecule has 0 unspecified atom stereocenters. The highest BCUT2D eigenvalue weighted by molar-refractivity contribution is 5.97. The van der Waals surface area contributed by atoms with E-state index < -0.39 is 16.9 Å². The summed E-state index contributed by atoms with van der Waals surface area (Å²) < 4.78 is 0. The Bertz CT molecular complexity index is 834. The van der Waals surface area contributed by atoms with E-state index in [2.05, 4.69) is 10.6 Å². The zero-order valence-electron chi connectivity index (χ0n) is 15.6. The zero-order chi connectivity index (χ0) is 20.0. The first kappa shape index (κ1) is 20.1. The lowest BCUT2D eigenvalue weighted by Crippen LogP contribution is -2.47. The molecule has 0 heterocycles. The van der Waals surface area contributed by atoms with Crippen LogP contribution >= 0.6 is 0 Å². The van der Waals surface area contributed by atoms with Crippen LogP contribution in [0.5, 0.6) is 0 Å². The number of nitro benzene ring substituents is 1. The highest BCUT2D eigenvalue weighted by Gasteiger charge is 2.25. The minimum atomic E-state index is -0.749. The van der Waals surface area contributed by atoms with E-state index in [4.69, 9.17) is 0 Å². The van der Waals surface area contributed by atoms with Crippen LogP contribution in [0.1, 0.15) is 25.0 Å². The van der Waals surface area contributed by atoms with Crippen LogP contribution in [0, 0.1) is 23.0 Å². The lowest BCUT2D eigenvalue weighted by atomic mass is 10.0. The Morgan fingerprint density at radius 3 is 2.37 bits per heavy atom. The van der Waals surface area contributed by atoms with Gasteiger partial charge in [0.2, 0.25) is 11.8 Å². The van der Waals surface area contributed by atoms with Gasteiger partial charge < -0.3 is 10.6 Å². The predicted octanol–water partition coefficient (Wildman–Crippen LogP) is 3.23. The van der Waals surface area contributed by atoms with Crippen molar-refractivity contribution in [1.82, 2.24) is 5.32 Å². The van der Waals surface area contributed by atoms with Gasteiger partial charge in [-0.1, -0.05) is 50.2 Å². The van der Waals surface area contributed by atoms with Crippen molar-refractivity contribution in [3.05, 3.63) is 69.8 Å². The van der Waals surface area contributed by atoms with E-state index in [0.717, 1.165) is 5.56 Å². The lowest BCUT2D eigenvalue weighted by Gasteiger charge is -2.22. The van der Waals surface area contributed by atoms with Crippen LogP contribution < -0.4 is 10.6 Å². The minimum Gasteiger partial charge on any atom is -0.344 e. The number of carbonyl (C=O) groups is 2. The molecule has 0 saturated heterocycles. The minimum absolute atomic E-state index is 0.0676. The van der Waals surface area contributed by atoms with Gasteiger partial charge in [0.05, 0.1) is 11.3 Å². The van der Waals surface area contributed by atoms with Gasteiger partial charge in [0.25, 0.3) is 5.69 Å². The summed E-state index contributed by atoms with van der Waals surface area (Å²) in [5.74, 6) is -0.820. The second-order valence-corrected chi connectivity index (χ2v) is 6.70. The maximum atomic E-state index is 12.6. The molecule has 0 bridgehead atoms. The predicted molar refractivity (Wildman–Crippen MR) is 103 cm³/mol. The van der Waals surface area contributed by atoms with E-state index in [1.54, 1.807) is 19.1 Å². The number of anilines is 1. The number of hydrogen-bond acceptors (Lipinski definition) is 4. The Labute approximate surface area is 157 Å². The Morgan fingerprint density at radius 1 is 1.11 bits per heavy atom. The van der Waals surface area contributed by atoms with Gasteiger partial charge in [-0.05, 0) is 24.5 Å². The molecule has 142 valence electrons. The summed E-state index contributed by atoms with van der Waals surface area (Å²) in [5, 5.41) is 16.5. The van der Waals surface area contributed by atoms with Crippen molar-refractivity contribution in [2.45, 2.75) is 33.2 Å². The Hall–Kier alpha value is -3.22. The van der Waals surface area contributed by atoms with Crippen molar-refractivity contribution in [2.24, 2.45) is 5.92 Å².